The number of hydrogen-bond acceptors (Lipinski definition) is 4. The van der Waals surface area contributed by atoms with Crippen LogP contribution in [0.25, 0.3) is 0 Å². The van der Waals surface area contributed by atoms with Crippen molar-refractivity contribution in [3.8, 4) is 0 Å². The summed E-state index contributed by atoms with van der Waals surface area (Å²) >= 11 is 13.2. The summed E-state index contributed by atoms with van der Waals surface area (Å²) in [5.74, 6) is -0.942. The zero-order valence-corrected chi connectivity index (χ0v) is 28.5. The normalized spacial score (nSPS) is 12.6. The minimum Gasteiger partial charge on any atom is -0.352 e. The zero-order chi connectivity index (χ0) is 33.3. The van der Waals surface area contributed by atoms with Gasteiger partial charge in [0, 0.05) is 34.6 Å². The lowest BCUT2D eigenvalue weighted by Crippen LogP contribution is -2.54. The van der Waals surface area contributed by atoms with Crippen molar-refractivity contribution in [2.75, 3.05) is 10.8 Å². The highest BCUT2D eigenvalue weighted by molar-refractivity contribution is 7.92. The lowest BCUT2D eigenvalue weighted by molar-refractivity contribution is -0.140. The van der Waals surface area contributed by atoms with Gasteiger partial charge in [0.2, 0.25) is 11.8 Å². The van der Waals surface area contributed by atoms with E-state index in [1.807, 2.05) is 63.2 Å². The molecule has 0 bridgehead atoms. The van der Waals surface area contributed by atoms with Crippen LogP contribution in [0, 0.1) is 0 Å². The van der Waals surface area contributed by atoms with Gasteiger partial charge in [-0.1, -0.05) is 110 Å². The van der Waals surface area contributed by atoms with E-state index in [9.17, 15) is 18.0 Å². The standard InChI is InChI=1S/C36H39Cl2N3O4S/c1-4-26(3)39-36(43)34(23-27-15-8-6-9-16-27)40(24-30-31(37)20-14-21-32(30)38)35(42)25-41(33-22-13-12-17-28(33)5-2)46(44,45)29-18-10-7-11-19-29/h6-22,26,34H,4-5,23-25H2,1-3H3,(H,39,43)/t26-,34-/m1/s1. The Morgan fingerprint density at radius 1 is 0.804 bits per heavy atom. The Labute approximate surface area is 282 Å². The fourth-order valence-electron chi connectivity index (χ4n) is 5.13. The van der Waals surface area contributed by atoms with Crippen LogP contribution in [-0.2, 0) is 39.0 Å². The first-order chi connectivity index (χ1) is 22.1. The van der Waals surface area contributed by atoms with E-state index in [-0.39, 0.29) is 29.8 Å². The molecule has 46 heavy (non-hydrogen) atoms. The first-order valence-electron chi connectivity index (χ1n) is 15.3. The van der Waals surface area contributed by atoms with Gasteiger partial charge in [0.25, 0.3) is 10.0 Å². The van der Waals surface area contributed by atoms with Gasteiger partial charge in [0.1, 0.15) is 12.6 Å². The number of carbonyl (C=O) groups excluding carboxylic acids is 2. The molecule has 0 aliphatic rings. The molecule has 1 N–H and O–H groups in total. The monoisotopic (exact) mass is 679 g/mol. The molecule has 0 aliphatic heterocycles. The molecule has 2 amide bonds. The summed E-state index contributed by atoms with van der Waals surface area (Å²) in [6, 6.07) is 28.4. The van der Waals surface area contributed by atoms with Crippen LogP contribution in [0.5, 0.6) is 0 Å². The van der Waals surface area contributed by atoms with Crippen LogP contribution < -0.4 is 9.62 Å². The van der Waals surface area contributed by atoms with Gasteiger partial charge in [-0.15, -0.1) is 0 Å². The molecule has 10 heteroatoms. The van der Waals surface area contributed by atoms with Crippen LogP contribution in [0.4, 0.5) is 5.69 Å². The predicted octanol–water partition coefficient (Wildman–Crippen LogP) is 7.31. The molecule has 4 aromatic carbocycles. The molecule has 0 spiro atoms. The molecule has 0 fully saturated rings. The highest BCUT2D eigenvalue weighted by Crippen LogP contribution is 2.30. The Hall–Kier alpha value is -3.85. The first kappa shape index (κ1) is 35.0. The SMILES string of the molecule is CCc1ccccc1N(CC(=O)N(Cc1c(Cl)cccc1Cl)[C@H](Cc1ccccc1)C(=O)N[C@H](C)CC)S(=O)(=O)c1ccccc1. The quantitative estimate of drug-likeness (QED) is 0.151. The smallest absolute Gasteiger partial charge is 0.264 e. The number of sulfonamides is 1. The number of nitrogens with zero attached hydrogens (tertiary/aromatic N) is 2. The lowest BCUT2D eigenvalue weighted by atomic mass is 10.0. The van der Waals surface area contributed by atoms with Crippen molar-refractivity contribution >= 4 is 50.7 Å². The summed E-state index contributed by atoms with van der Waals surface area (Å²) in [4.78, 5) is 30.1. The molecule has 4 aromatic rings. The average molecular weight is 681 g/mol. The van der Waals surface area contributed by atoms with Crippen LogP contribution in [0.1, 0.15) is 43.9 Å². The predicted molar refractivity (Wildman–Crippen MR) is 186 cm³/mol. The molecule has 0 saturated carbocycles. The van der Waals surface area contributed by atoms with E-state index in [0.29, 0.717) is 34.1 Å². The lowest BCUT2D eigenvalue weighted by Gasteiger charge is -2.35. The van der Waals surface area contributed by atoms with Crippen LogP contribution in [0.15, 0.2) is 108 Å². The van der Waals surface area contributed by atoms with Crippen LogP contribution >= 0.6 is 23.2 Å². The molecule has 2 atom stereocenters. The molecule has 0 unspecified atom stereocenters. The van der Waals surface area contributed by atoms with Crippen molar-refractivity contribution in [1.29, 1.82) is 0 Å². The number of amides is 2. The highest BCUT2D eigenvalue weighted by atomic mass is 35.5. The van der Waals surface area contributed by atoms with Crippen molar-refractivity contribution in [1.82, 2.24) is 10.2 Å². The molecule has 0 aromatic heterocycles. The second kappa shape index (κ2) is 16.1. The number of halogens is 2. The van der Waals surface area contributed by atoms with E-state index in [1.165, 1.54) is 17.0 Å². The third-order valence-corrected chi connectivity index (χ3v) is 10.4. The number of benzene rings is 4. The summed E-state index contributed by atoms with van der Waals surface area (Å²) in [5.41, 5.74) is 2.44. The van der Waals surface area contributed by atoms with Gasteiger partial charge in [0.15, 0.2) is 0 Å². The Morgan fingerprint density at radius 2 is 1.39 bits per heavy atom. The van der Waals surface area contributed by atoms with Crippen LogP contribution in [-0.4, -0.2) is 43.8 Å². The fourth-order valence-corrected chi connectivity index (χ4v) is 7.12. The average Bonchev–Trinajstić information content (AvgIpc) is 3.06. The van der Waals surface area contributed by atoms with E-state index >= 15 is 0 Å². The summed E-state index contributed by atoms with van der Waals surface area (Å²) in [6.45, 7) is 5.11. The van der Waals surface area contributed by atoms with E-state index in [1.54, 1.807) is 48.5 Å². The molecule has 4 rings (SSSR count). The number of aryl methyl sites for hydroxylation is 1. The summed E-state index contributed by atoms with van der Waals surface area (Å²) in [5, 5.41) is 3.69. The number of hydrogen-bond donors (Lipinski definition) is 1. The second-order valence-electron chi connectivity index (χ2n) is 11.1. The largest absolute Gasteiger partial charge is 0.352 e. The Bertz CT molecular complexity index is 1720. The molecular formula is C36H39Cl2N3O4S. The first-order valence-corrected chi connectivity index (χ1v) is 17.5. The van der Waals surface area contributed by atoms with Crippen molar-refractivity contribution < 1.29 is 18.0 Å². The zero-order valence-electron chi connectivity index (χ0n) is 26.2. The van der Waals surface area contributed by atoms with Gasteiger partial charge in [0.05, 0.1) is 10.6 Å². The van der Waals surface area contributed by atoms with Gasteiger partial charge in [-0.3, -0.25) is 13.9 Å². The van der Waals surface area contributed by atoms with E-state index < -0.39 is 28.5 Å². The maximum Gasteiger partial charge on any atom is 0.264 e. The third kappa shape index (κ3) is 8.49. The van der Waals surface area contributed by atoms with Gasteiger partial charge in [-0.05, 0) is 61.2 Å². The summed E-state index contributed by atoms with van der Waals surface area (Å²) in [6.07, 6.45) is 1.41. The highest BCUT2D eigenvalue weighted by Gasteiger charge is 2.36. The third-order valence-electron chi connectivity index (χ3n) is 7.91. The van der Waals surface area contributed by atoms with E-state index in [0.717, 1.165) is 15.4 Å². The van der Waals surface area contributed by atoms with Gasteiger partial charge < -0.3 is 10.2 Å². The minimum absolute atomic E-state index is 0.0461. The number of para-hydroxylation sites is 1. The number of carbonyl (C=O) groups is 2. The maximum atomic E-state index is 14.7. The van der Waals surface area contributed by atoms with Crippen molar-refractivity contribution in [2.24, 2.45) is 0 Å². The number of anilines is 1. The molecule has 7 nitrogen and oxygen atoms in total. The van der Waals surface area contributed by atoms with Crippen molar-refractivity contribution in [2.45, 2.75) is 63.6 Å². The number of nitrogens with one attached hydrogen (secondary N) is 1. The second-order valence-corrected chi connectivity index (χ2v) is 13.7. The van der Waals surface area contributed by atoms with Crippen LogP contribution in [0.2, 0.25) is 10.0 Å². The van der Waals surface area contributed by atoms with Gasteiger partial charge in [-0.2, -0.15) is 0 Å². The molecule has 0 radical (unpaired) electrons. The maximum absolute atomic E-state index is 14.7. The molecular weight excluding hydrogens is 641 g/mol. The molecule has 0 heterocycles. The van der Waals surface area contributed by atoms with Crippen LogP contribution in [0.3, 0.4) is 0 Å². The topological polar surface area (TPSA) is 86.8 Å². The van der Waals surface area contributed by atoms with Gasteiger partial charge >= 0.3 is 0 Å². The fraction of sp³-hybridized carbons (Fsp3) is 0.278. The Balaban J connectivity index is 1.86. The Kier molecular flexibility index (Phi) is 12.3. The summed E-state index contributed by atoms with van der Waals surface area (Å²) < 4.78 is 29.6. The van der Waals surface area contributed by atoms with E-state index in [2.05, 4.69) is 5.32 Å². The molecule has 0 saturated heterocycles. The molecule has 242 valence electrons. The number of rotatable bonds is 14. The van der Waals surface area contributed by atoms with Crippen molar-refractivity contribution in [3.05, 3.63) is 130 Å². The minimum atomic E-state index is -4.20. The summed E-state index contributed by atoms with van der Waals surface area (Å²) in [7, 11) is -4.20. The van der Waals surface area contributed by atoms with E-state index in [4.69, 9.17) is 23.2 Å². The van der Waals surface area contributed by atoms with Crippen molar-refractivity contribution in [3.63, 3.8) is 0 Å². The van der Waals surface area contributed by atoms with Gasteiger partial charge in [-0.25, -0.2) is 8.42 Å². The Morgan fingerprint density at radius 3 is 2.00 bits per heavy atom. The molecule has 0 aliphatic carbocycles.